The van der Waals surface area contributed by atoms with Crippen LogP contribution in [-0.2, 0) is 0 Å². The van der Waals surface area contributed by atoms with Crippen molar-refractivity contribution in [2.45, 2.75) is 13.8 Å². The Morgan fingerprint density at radius 3 is 2.92 bits per heavy atom. The Morgan fingerprint density at radius 1 is 1.62 bits per heavy atom. The van der Waals surface area contributed by atoms with Crippen molar-refractivity contribution in [2.24, 2.45) is 5.92 Å². The van der Waals surface area contributed by atoms with Crippen molar-refractivity contribution in [3.05, 3.63) is 35.9 Å². The molecule has 0 aliphatic carbocycles. The summed E-state index contributed by atoms with van der Waals surface area (Å²) in [5, 5.41) is 2.84. The summed E-state index contributed by atoms with van der Waals surface area (Å²) in [6, 6.07) is 9.93. The van der Waals surface area contributed by atoms with Crippen LogP contribution in [0.2, 0.25) is 0 Å². The van der Waals surface area contributed by atoms with Crippen molar-refractivity contribution in [3.8, 4) is 0 Å². The molecule has 1 aromatic carbocycles. The largest absolute Gasteiger partial charge is 0.352 e. The summed E-state index contributed by atoms with van der Waals surface area (Å²) in [4.78, 5) is 11.4. The molecule has 1 amide bonds. The molecule has 0 saturated heterocycles. The molecule has 2 heteroatoms. The van der Waals surface area contributed by atoms with E-state index in [2.05, 4.69) is 25.2 Å². The van der Waals surface area contributed by atoms with Crippen LogP contribution >= 0.6 is 0 Å². The number of carbonyl (C=O) groups is 1. The Labute approximate surface area is 79.0 Å². The maximum absolute atomic E-state index is 11.4. The molecule has 1 rings (SSSR count). The lowest BCUT2D eigenvalue weighted by molar-refractivity contribution is 0.0949. The zero-order valence-electron chi connectivity index (χ0n) is 8.00. The van der Waals surface area contributed by atoms with Gasteiger partial charge in [-0.05, 0) is 24.1 Å². The number of benzene rings is 1. The van der Waals surface area contributed by atoms with E-state index >= 15 is 0 Å². The molecule has 1 aromatic rings. The molecule has 0 bridgehead atoms. The molecule has 0 atom stereocenters. The minimum atomic E-state index is -0.0226. The number of hydrogen-bond donors (Lipinski definition) is 1. The number of rotatable bonds is 3. The van der Waals surface area contributed by atoms with Gasteiger partial charge in [-0.25, -0.2) is 0 Å². The zero-order valence-corrected chi connectivity index (χ0v) is 8.00. The second kappa shape index (κ2) is 4.65. The third-order valence-electron chi connectivity index (χ3n) is 1.64. The molecule has 0 aliphatic heterocycles. The van der Waals surface area contributed by atoms with Crippen LogP contribution in [0.1, 0.15) is 24.2 Å². The van der Waals surface area contributed by atoms with Gasteiger partial charge in [0.2, 0.25) is 0 Å². The first-order chi connectivity index (χ1) is 6.20. The van der Waals surface area contributed by atoms with Crippen LogP contribution in [0.4, 0.5) is 0 Å². The quantitative estimate of drug-likeness (QED) is 0.748. The maximum atomic E-state index is 11.4. The highest BCUT2D eigenvalue weighted by atomic mass is 16.1. The molecule has 1 N–H and O–H groups in total. The van der Waals surface area contributed by atoms with Crippen LogP contribution in [0.25, 0.3) is 0 Å². The molecule has 0 aromatic heterocycles. The van der Waals surface area contributed by atoms with Gasteiger partial charge < -0.3 is 5.32 Å². The topological polar surface area (TPSA) is 29.1 Å². The first-order valence-corrected chi connectivity index (χ1v) is 4.44. The average Bonchev–Trinajstić information content (AvgIpc) is 2.15. The zero-order chi connectivity index (χ0) is 9.68. The van der Waals surface area contributed by atoms with Gasteiger partial charge >= 0.3 is 0 Å². The highest BCUT2D eigenvalue weighted by Crippen LogP contribution is 1.97. The van der Waals surface area contributed by atoms with E-state index in [1.54, 1.807) is 18.2 Å². The van der Waals surface area contributed by atoms with Crippen LogP contribution in [0, 0.1) is 12.0 Å². The number of nitrogens with one attached hydrogen (secondary N) is 1. The van der Waals surface area contributed by atoms with E-state index in [0.29, 0.717) is 18.0 Å². The van der Waals surface area contributed by atoms with Gasteiger partial charge in [0.25, 0.3) is 5.91 Å². The Morgan fingerprint density at radius 2 is 2.38 bits per heavy atom. The highest BCUT2D eigenvalue weighted by molar-refractivity contribution is 5.94. The highest BCUT2D eigenvalue weighted by Gasteiger charge is 2.03. The van der Waals surface area contributed by atoms with Gasteiger partial charge in [-0.2, -0.15) is 0 Å². The molecule has 1 radical (unpaired) electrons. The van der Waals surface area contributed by atoms with E-state index in [1.165, 1.54) is 0 Å². The standard InChI is InChI=1S/C11H14NO/c1-9(2)8-12-11(13)10-6-4-3-5-7-10/h3-4,6-7,9H,8H2,1-2H3,(H,12,13). The van der Waals surface area contributed by atoms with Gasteiger partial charge in [0.05, 0.1) is 0 Å². The predicted octanol–water partition coefficient (Wildman–Crippen LogP) is 1.87. The summed E-state index contributed by atoms with van der Waals surface area (Å²) >= 11 is 0. The van der Waals surface area contributed by atoms with Crippen LogP contribution in [-0.4, -0.2) is 12.5 Å². The van der Waals surface area contributed by atoms with Gasteiger partial charge in [0.1, 0.15) is 0 Å². The first-order valence-electron chi connectivity index (χ1n) is 4.44. The van der Waals surface area contributed by atoms with E-state index in [-0.39, 0.29) is 5.91 Å². The van der Waals surface area contributed by atoms with Crippen molar-refractivity contribution in [3.63, 3.8) is 0 Å². The fourth-order valence-electron chi connectivity index (χ4n) is 0.933. The Kier molecular flexibility index (Phi) is 3.50. The third kappa shape index (κ3) is 3.28. The first kappa shape index (κ1) is 9.78. The molecule has 0 fully saturated rings. The van der Waals surface area contributed by atoms with Crippen LogP contribution in [0.5, 0.6) is 0 Å². The average molecular weight is 176 g/mol. The molecule has 0 spiro atoms. The molecule has 0 saturated carbocycles. The van der Waals surface area contributed by atoms with E-state index in [0.717, 1.165) is 0 Å². The van der Waals surface area contributed by atoms with Gasteiger partial charge in [0.15, 0.2) is 0 Å². The molecule has 0 unspecified atom stereocenters. The lowest BCUT2D eigenvalue weighted by Gasteiger charge is -2.06. The minimum absolute atomic E-state index is 0.0226. The van der Waals surface area contributed by atoms with Crippen molar-refractivity contribution in [2.75, 3.05) is 6.54 Å². The second-order valence-electron chi connectivity index (χ2n) is 3.40. The van der Waals surface area contributed by atoms with Crippen LogP contribution in [0.15, 0.2) is 24.3 Å². The van der Waals surface area contributed by atoms with Crippen LogP contribution in [0.3, 0.4) is 0 Å². The molecular formula is C11H14NO. The van der Waals surface area contributed by atoms with Crippen molar-refractivity contribution < 1.29 is 4.79 Å². The predicted molar refractivity (Wildman–Crippen MR) is 52.4 cm³/mol. The van der Waals surface area contributed by atoms with Crippen molar-refractivity contribution in [1.29, 1.82) is 0 Å². The van der Waals surface area contributed by atoms with E-state index in [9.17, 15) is 4.79 Å². The fraction of sp³-hybridized carbons (Fsp3) is 0.364. The molecular weight excluding hydrogens is 162 g/mol. The summed E-state index contributed by atoms with van der Waals surface area (Å²) in [5.74, 6) is 0.460. The van der Waals surface area contributed by atoms with Crippen molar-refractivity contribution in [1.82, 2.24) is 5.32 Å². The molecule has 13 heavy (non-hydrogen) atoms. The Bertz CT molecular complexity index is 267. The normalized spacial score (nSPS) is 10.1. The maximum Gasteiger partial charge on any atom is 0.251 e. The van der Waals surface area contributed by atoms with Gasteiger partial charge in [-0.3, -0.25) is 4.79 Å². The summed E-state index contributed by atoms with van der Waals surface area (Å²) in [6.45, 7) is 4.85. The second-order valence-corrected chi connectivity index (χ2v) is 3.40. The fourth-order valence-corrected chi connectivity index (χ4v) is 0.933. The molecule has 2 nitrogen and oxygen atoms in total. The van der Waals surface area contributed by atoms with E-state index in [1.807, 2.05) is 6.07 Å². The van der Waals surface area contributed by atoms with Gasteiger partial charge in [-0.1, -0.05) is 26.0 Å². The minimum Gasteiger partial charge on any atom is -0.352 e. The van der Waals surface area contributed by atoms with Crippen molar-refractivity contribution >= 4 is 5.91 Å². The van der Waals surface area contributed by atoms with E-state index < -0.39 is 0 Å². The number of hydrogen-bond acceptors (Lipinski definition) is 1. The smallest absolute Gasteiger partial charge is 0.251 e. The lowest BCUT2D eigenvalue weighted by atomic mass is 10.2. The molecule has 0 aliphatic rings. The van der Waals surface area contributed by atoms with E-state index in [4.69, 9.17) is 0 Å². The summed E-state index contributed by atoms with van der Waals surface area (Å²) < 4.78 is 0. The third-order valence-corrected chi connectivity index (χ3v) is 1.64. The Balaban J connectivity index is 2.50. The lowest BCUT2D eigenvalue weighted by Crippen LogP contribution is -2.27. The summed E-state index contributed by atoms with van der Waals surface area (Å²) in [7, 11) is 0. The number of carbonyl (C=O) groups excluding carboxylic acids is 1. The SMILES string of the molecule is CC(C)CNC(=O)c1c[c]ccc1. The van der Waals surface area contributed by atoms with Gasteiger partial charge in [0, 0.05) is 12.1 Å². The molecule has 69 valence electrons. The van der Waals surface area contributed by atoms with Gasteiger partial charge in [-0.15, -0.1) is 0 Å². The Hall–Kier alpha value is -1.31. The summed E-state index contributed by atoms with van der Waals surface area (Å²) in [6.07, 6.45) is 0. The molecule has 0 heterocycles. The summed E-state index contributed by atoms with van der Waals surface area (Å²) in [5.41, 5.74) is 0.670. The monoisotopic (exact) mass is 176 g/mol. The van der Waals surface area contributed by atoms with Crippen LogP contribution < -0.4 is 5.32 Å². The number of amides is 1.